The Kier molecular flexibility index (Phi) is 8.20. The van der Waals surface area contributed by atoms with Crippen LogP contribution >= 0.6 is 17.7 Å². The predicted octanol–water partition coefficient (Wildman–Crippen LogP) is 5.04. The van der Waals surface area contributed by atoms with Crippen molar-refractivity contribution in [3.8, 4) is 5.75 Å². The van der Waals surface area contributed by atoms with E-state index < -0.39 is 17.4 Å². The van der Waals surface area contributed by atoms with E-state index in [0.717, 1.165) is 41.2 Å². The van der Waals surface area contributed by atoms with Crippen LogP contribution in [0, 0.1) is 0 Å². The van der Waals surface area contributed by atoms with Gasteiger partial charge in [-0.25, -0.2) is 0 Å². The molecular formula is C23H31N2O4PS. The number of aryl methyl sites for hydroxylation is 1. The molecule has 2 aromatic rings. The summed E-state index contributed by atoms with van der Waals surface area (Å²) in [5.74, 6) is 0.226. The summed E-state index contributed by atoms with van der Waals surface area (Å²) in [5, 5.41) is -1.01. The maximum atomic E-state index is 13.6. The number of amides is 1. The van der Waals surface area contributed by atoms with E-state index in [1.807, 2.05) is 36.5 Å². The van der Waals surface area contributed by atoms with Crippen molar-refractivity contribution in [2.45, 2.75) is 55.7 Å². The molecule has 0 radical (unpaired) electrons. The molecule has 1 aromatic heterocycles. The van der Waals surface area contributed by atoms with Crippen molar-refractivity contribution in [2.75, 3.05) is 19.9 Å². The number of primary amides is 1. The molecule has 1 unspecified atom stereocenters. The van der Waals surface area contributed by atoms with E-state index in [4.69, 9.17) is 15.2 Å². The number of rotatable bonds is 10. The molecular weight excluding hydrogens is 431 g/mol. The molecule has 1 aromatic carbocycles. The van der Waals surface area contributed by atoms with Crippen LogP contribution in [0.25, 0.3) is 0 Å². The zero-order valence-corrected chi connectivity index (χ0v) is 19.9. The fourth-order valence-electron chi connectivity index (χ4n) is 3.66. The van der Waals surface area contributed by atoms with Gasteiger partial charge in [0.05, 0.1) is 0 Å². The second-order valence-electron chi connectivity index (χ2n) is 7.97. The van der Waals surface area contributed by atoms with Crippen LogP contribution in [-0.4, -0.2) is 35.9 Å². The molecule has 2 N–H and O–H groups in total. The maximum Gasteiger partial charge on any atom is 0.232 e. The molecule has 1 amide bonds. The van der Waals surface area contributed by atoms with Crippen LogP contribution in [0.1, 0.15) is 43.9 Å². The first-order valence-electron chi connectivity index (χ1n) is 10.7. The van der Waals surface area contributed by atoms with Crippen molar-refractivity contribution >= 4 is 23.6 Å². The van der Waals surface area contributed by atoms with Crippen molar-refractivity contribution in [1.29, 1.82) is 0 Å². The minimum Gasteiger partial charge on any atom is -0.489 e. The Bertz CT molecular complexity index is 912. The second-order valence-corrected chi connectivity index (χ2v) is 13.8. The minimum atomic E-state index is -2.96. The molecule has 1 atom stereocenters. The number of unbranched alkanes of at least 4 members (excludes halogenated alkanes) is 1. The van der Waals surface area contributed by atoms with Gasteiger partial charge in [0.2, 0.25) is 5.91 Å². The van der Waals surface area contributed by atoms with Gasteiger partial charge in [0.1, 0.15) is 17.5 Å². The summed E-state index contributed by atoms with van der Waals surface area (Å²) in [6.07, 6.45) is 3.01. The van der Waals surface area contributed by atoms with E-state index in [1.165, 1.54) is 11.4 Å². The summed E-state index contributed by atoms with van der Waals surface area (Å²) in [4.78, 5) is 17.5. The third kappa shape index (κ3) is 5.91. The summed E-state index contributed by atoms with van der Waals surface area (Å²) in [5.41, 5.74) is 7.81. The van der Waals surface area contributed by atoms with E-state index in [0.29, 0.717) is 32.7 Å². The highest BCUT2D eigenvalue weighted by molar-refractivity contribution is 8.58. The first kappa shape index (κ1) is 23.8. The number of benzene rings is 1. The van der Waals surface area contributed by atoms with Gasteiger partial charge in [-0.15, -0.1) is 0 Å². The van der Waals surface area contributed by atoms with Crippen LogP contribution in [0.15, 0.2) is 47.5 Å². The van der Waals surface area contributed by atoms with Crippen molar-refractivity contribution in [1.82, 2.24) is 4.98 Å². The molecule has 1 aliphatic heterocycles. The van der Waals surface area contributed by atoms with Crippen LogP contribution in [0.2, 0.25) is 0 Å². The van der Waals surface area contributed by atoms with Crippen molar-refractivity contribution in [3.05, 3.63) is 53.9 Å². The number of carbonyl (C=O) groups excluding carboxylic acids is 1. The van der Waals surface area contributed by atoms with Gasteiger partial charge < -0.3 is 19.8 Å². The molecule has 168 valence electrons. The second kappa shape index (κ2) is 10.7. The van der Waals surface area contributed by atoms with Gasteiger partial charge in [-0.1, -0.05) is 30.8 Å². The molecule has 3 rings (SSSR count). The smallest absolute Gasteiger partial charge is 0.232 e. The van der Waals surface area contributed by atoms with Gasteiger partial charge in [-0.05, 0) is 62.7 Å². The van der Waals surface area contributed by atoms with Crippen LogP contribution < -0.4 is 10.5 Å². The fraction of sp³-hybridized carbons (Fsp3) is 0.478. The molecule has 1 fully saturated rings. The van der Waals surface area contributed by atoms with E-state index >= 15 is 0 Å². The van der Waals surface area contributed by atoms with Gasteiger partial charge in [0, 0.05) is 35.6 Å². The number of nitrogens with two attached hydrogens (primary N) is 1. The van der Waals surface area contributed by atoms with E-state index in [9.17, 15) is 9.36 Å². The van der Waals surface area contributed by atoms with Crippen molar-refractivity contribution in [3.63, 3.8) is 0 Å². The molecule has 1 saturated heterocycles. The van der Waals surface area contributed by atoms with E-state index in [2.05, 4.69) is 18.0 Å². The zero-order valence-electron chi connectivity index (χ0n) is 18.2. The Morgan fingerprint density at radius 3 is 2.52 bits per heavy atom. The van der Waals surface area contributed by atoms with Gasteiger partial charge in [-0.2, -0.15) is 0 Å². The Morgan fingerprint density at radius 1 is 1.23 bits per heavy atom. The number of hydrogen-bond donors (Lipinski definition) is 1. The quantitative estimate of drug-likeness (QED) is 0.498. The Hall–Kier alpha value is -1.82. The third-order valence-corrected chi connectivity index (χ3v) is 11.5. The zero-order chi connectivity index (χ0) is 22.3. The average molecular weight is 463 g/mol. The number of aromatic nitrogens is 1. The Balaban J connectivity index is 1.59. The average Bonchev–Trinajstić information content (AvgIpc) is 2.78. The normalized spacial score (nSPS) is 17.6. The molecule has 6 nitrogen and oxygen atoms in total. The number of ether oxygens (including phenoxy) is 2. The highest BCUT2D eigenvalue weighted by atomic mass is 32.7. The first-order chi connectivity index (χ1) is 14.9. The number of carbonyl (C=O) groups is 1. The number of pyridine rings is 1. The SMILES string of the molecule is CCCCc1ccc(COc2ccc(SP(C)(=O)C3(C(N)=O)CCOCC3)cc2)cn1. The molecule has 31 heavy (non-hydrogen) atoms. The topological polar surface area (TPSA) is 91.5 Å². The fourth-order valence-corrected chi connectivity index (χ4v) is 8.80. The lowest BCUT2D eigenvalue weighted by atomic mass is 9.98. The van der Waals surface area contributed by atoms with E-state index in [-0.39, 0.29) is 0 Å². The predicted molar refractivity (Wildman–Crippen MR) is 125 cm³/mol. The Labute approximate surface area is 188 Å². The Morgan fingerprint density at radius 2 is 1.94 bits per heavy atom. The van der Waals surface area contributed by atoms with E-state index in [1.54, 1.807) is 6.66 Å². The van der Waals surface area contributed by atoms with Crippen LogP contribution in [0.3, 0.4) is 0 Å². The monoisotopic (exact) mass is 462 g/mol. The number of hydrogen-bond acceptors (Lipinski definition) is 6. The lowest BCUT2D eigenvalue weighted by Crippen LogP contribution is -2.47. The van der Waals surface area contributed by atoms with Gasteiger partial charge in [-0.3, -0.25) is 9.78 Å². The third-order valence-electron chi connectivity index (χ3n) is 5.74. The van der Waals surface area contributed by atoms with Crippen LogP contribution in [-0.2, 0) is 27.1 Å². The first-order valence-corrected chi connectivity index (χ1v) is 14.3. The lowest BCUT2D eigenvalue weighted by molar-refractivity contribution is -0.122. The summed E-state index contributed by atoms with van der Waals surface area (Å²) >= 11 is 1.24. The largest absolute Gasteiger partial charge is 0.489 e. The summed E-state index contributed by atoms with van der Waals surface area (Å²) in [6.45, 7) is 5.08. The molecule has 1 aliphatic rings. The van der Waals surface area contributed by atoms with Crippen molar-refractivity contribution in [2.24, 2.45) is 5.73 Å². The van der Waals surface area contributed by atoms with Gasteiger partial charge in [0.25, 0.3) is 0 Å². The van der Waals surface area contributed by atoms with Crippen LogP contribution in [0.4, 0.5) is 0 Å². The highest BCUT2D eigenvalue weighted by Gasteiger charge is 2.51. The molecule has 2 heterocycles. The molecule has 0 spiro atoms. The van der Waals surface area contributed by atoms with Crippen molar-refractivity contribution < 1.29 is 18.8 Å². The number of nitrogens with zero attached hydrogens (tertiary/aromatic N) is 1. The van der Waals surface area contributed by atoms with Gasteiger partial charge in [0.15, 0.2) is 6.34 Å². The summed E-state index contributed by atoms with van der Waals surface area (Å²) in [6, 6.07) is 11.6. The summed E-state index contributed by atoms with van der Waals surface area (Å²) in [7, 11) is 0. The van der Waals surface area contributed by atoms with Crippen LogP contribution in [0.5, 0.6) is 5.75 Å². The van der Waals surface area contributed by atoms with Gasteiger partial charge >= 0.3 is 0 Å². The molecule has 0 bridgehead atoms. The molecule has 0 saturated carbocycles. The molecule has 0 aliphatic carbocycles. The minimum absolute atomic E-state index is 0.398. The lowest BCUT2D eigenvalue weighted by Gasteiger charge is -2.38. The highest BCUT2D eigenvalue weighted by Crippen LogP contribution is 2.70. The maximum absolute atomic E-state index is 13.6. The standard InChI is InChI=1S/C23H31N2O4PS/c1-3-4-5-19-7-6-18(16-25-19)17-29-20-8-10-21(11-9-20)31-30(2,27)23(22(24)26)12-14-28-15-13-23/h6-11,16H,3-5,12-15,17H2,1-2H3,(H2,24,26). The summed E-state index contributed by atoms with van der Waals surface area (Å²) < 4.78 is 24.8. The molecule has 8 heteroatoms.